The number of hydrogen-bond donors (Lipinski definition) is 0. The van der Waals surface area contributed by atoms with Gasteiger partial charge in [0.2, 0.25) is 0 Å². The number of rotatable bonds is 8. The van der Waals surface area contributed by atoms with Crippen LogP contribution in [0.25, 0.3) is 11.1 Å². The van der Waals surface area contributed by atoms with Crippen LogP contribution in [0, 0.1) is 0 Å². The number of benzene rings is 3. The summed E-state index contributed by atoms with van der Waals surface area (Å²) in [5.74, 6) is -2.11. The fraction of sp³-hybridized carbons (Fsp3) is 0.296. The quantitative estimate of drug-likeness (QED) is 0.264. The normalized spacial score (nSPS) is 14.8. The van der Waals surface area contributed by atoms with Gasteiger partial charge in [-0.2, -0.15) is 0 Å². The first-order chi connectivity index (χ1) is 15.4. The average molecular weight is 453 g/mol. The standard InChI is InChI=1S/C27H26F2O2S/c1-3-27(28,29)23-10-8-21(9-11-23)20-6-4-19(5-7-20)18-32-24-14-12-22(13-15-24)26(16-17-26)25(30)31-2/h4-15H,3,16-18H2,1-2H3. The summed E-state index contributed by atoms with van der Waals surface area (Å²) in [5, 5.41) is 0. The largest absolute Gasteiger partial charge is 0.468 e. The molecule has 0 atom stereocenters. The van der Waals surface area contributed by atoms with Gasteiger partial charge in [0.15, 0.2) is 0 Å². The predicted octanol–water partition coefficient (Wildman–Crippen LogP) is 7.35. The third-order valence-corrected chi connectivity index (χ3v) is 7.26. The molecule has 0 aliphatic heterocycles. The molecule has 0 heterocycles. The lowest BCUT2D eigenvalue weighted by Gasteiger charge is -2.14. The van der Waals surface area contributed by atoms with E-state index in [0.29, 0.717) is 0 Å². The van der Waals surface area contributed by atoms with Gasteiger partial charge < -0.3 is 4.74 Å². The molecule has 0 aromatic heterocycles. The minimum Gasteiger partial charge on any atom is -0.468 e. The van der Waals surface area contributed by atoms with Gasteiger partial charge >= 0.3 is 5.97 Å². The molecule has 0 saturated heterocycles. The first-order valence-corrected chi connectivity index (χ1v) is 11.8. The van der Waals surface area contributed by atoms with Crippen molar-refractivity contribution >= 4 is 17.7 Å². The number of halogens is 2. The minimum atomic E-state index is -2.78. The van der Waals surface area contributed by atoms with Gasteiger partial charge in [0, 0.05) is 22.6 Å². The molecule has 2 nitrogen and oxygen atoms in total. The molecule has 0 unspecified atom stereocenters. The van der Waals surface area contributed by atoms with E-state index in [1.54, 1.807) is 23.9 Å². The number of esters is 1. The molecule has 32 heavy (non-hydrogen) atoms. The summed E-state index contributed by atoms with van der Waals surface area (Å²) in [6.45, 7) is 1.49. The summed E-state index contributed by atoms with van der Waals surface area (Å²) in [7, 11) is 1.44. The SMILES string of the molecule is CCC(F)(F)c1ccc(-c2ccc(CSc3ccc(C4(C(=O)OC)CC4)cc3)cc2)cc1. The van der Waals surface area contributed by atoms with E-state index in [9.17, 15) is 13.6 Å². The monoisotopic (exact) mass is 452 g/mol. The zero-order chi connectivity index (χ0) is 22.8. The van der Waals surface area contributed by atoms with Crippen LogP contribution in [0.15, 0.2) is 77.7 Å². The number of methoxy groups -OCH3 is 1. The van der Waals surface area contributed by atoms with Crippen molar-refractivity contribution in [1.82, 2.24) is 0 Å². The molecule has 0 amide bonds. The highest BCUT2D eigenvalue weighted by molar-refractivity contribution is 7.98. The van der Waals surface area contributed by atoms with Crippen molar-refractivity contribution in [1.29, 1.82) is 0 Å². The second-order valence-corrected chi connectivity index (χ2v) is 9.27. The van der Waals surface area contributed by atoms with E-state index in [2.05, 4.69) is 24.3 Å². The number of alkyl halides is 2. The van der Waals surface area contributed by atoms with Crippen molar-refractivity contribution in [3.63, 3.8) is 0 Å². The fourth-order valence-electron chi connectivity index (χ4n) is 3.87. The van der Waals surface area contributed by atoms with E-state index in [0.717, 1.165) is 40.2 Å². The van der Waals surface area contributed by atoms with Gasteiger partial charge in [-0.25, -0.2) is 8.78 Å². The Balaban J connectivity index is 1.37. The molecule has 3 aromatic carbocycles. The molecule has 1 fully saturated rings. The van der Waals surface area contributed by atoms with Gasteiger partial charge in [0.05, 0.1) is 12.5 Å². The highest BCUT2D eigenvalue weighted by atomic mass is 32.2. The predicted molar refractivity (Wildman–Crippen MR) is 125 cm³/mol. The van der Waals surface area contributed by atoms with Crippen LogP contribution in [-0.2, 0) is 26.6 Å². The number of ether oxygens (including phenoxy) is 1. The maximum atomic E-state index is 13.8. The lowest BCUT2D eigenvalue weighted by molar-refractivity contribution is -0.143. The number of carbonyl (C=O) groups is 1. The summed E-state index contributed by atoms with van der Waals surface area (Å²) < 4.78 is 32.6. The molecule has 5 heteroatoms. The third kappa shape index (κ3) is 4.58. The molecule has 1 saturated carbocycles. The van der Waals surface area contributed by atoms with Gasteiger partial charge in [-0.3, -0.25) is 4.79 Å². The van der Waals surface area contributed by atoms with Gasteiger partial charge in [-0.1, -0.05) is 67.6 Å². The zero-order valence-corrected chi connectivity index (χ0v) is 19.1. The van der Waals surface area contributed by atoms with Crippen molar-refractivity contribution in [3.05, 3.63) is 89.5 Å². The Bertz CT molecular complexity index is 1070. The molecule has 4 rings (SSSR count). The van der Waals surface area contributed by atoms with Crippen molar-refractivity contribution in [3.8, 4) is 11.1 Å². The van der Waals surface area contributed by atoms with Crippen LogP contribution >= 0.6 is 11.8 Å². The van der Waals surface area contributed by atoms with Crippen molar-refractivity contribution in [2.45, 2.75) is 48.2 Å². The number of thioether (sulfide) groups is 1. The van der Waals surface area contributed by atoms with E-state index in [1.165, 1.54) is 31.7 Å². The van der Waals surface area contributed by atoms with Crippen LogP contribution in [0.3, 0.4) is 0 Å². The molecule has 0 spiro atoms. The van der Waals surface area contributed by atoms with Gasteiger partial charge in [-0.05, 0) is 47.2 Å². The molecule has 0 radical (unpaired) electrons. The highest BCUT2D eigenvalue weighted by Crippen LogP contribution is 2.49. The van der Waals surface area contributed by atoms with E-state index in [4.69, 9.17) is 4.74 Å². The molecule has 0 N–H and O–H groups in total. The number of hydrogen-bond acceptors (Lipinski definition) is 3. The van der Waals surface area contributed by atoms with Crippen LogP contribution in [-0.4, -0.2) is 13.1 Å². The summed E-state index contributed by atoms with van der Waals surface area (Å²) in [4.78, 5) is 13.2. The third-order valence-electron chi connectivity index (χ3n) is 6.18. The van der Waals surface area contributed by atoms with Gasteiger partial charge in [-0.15, -0.1) is 11.8 Å². The van der Waals surface area contributed by atoms with E-state index in [1.807, 2.05) is 24.3 Å². The molecular formula is C27H26F2O2S. The van der Waals surface area contributed by atoms with Crippen molar-refractivity contribution in [2.24, 2.45) is 0 Å². The highest BCUT2D eigenvalue weighted by Gasteiger charge is 2.52. The Kier molecular flexibility index (Phi) is 6.38. The average Bonchev–Trinajstić information content (AvgIpc) is 3.65. The molecule has 1 aliphatic rings. The molecule has 0 bridgehead atoms. The molecule has 1 aliphatic carbocycles. The maximum Gasteiger partial charge on any atom is 0.316 e. The van der Waals surface area contributed by atoms with E-state index in [-0.39, 0.29) is 18.0 Å². The van der Waals surface area contributed by atoms with E-state index < -0.39 is 11.3 Å². The van der Waals surface area contributed by atoms with Crippen molar-refractivity contribution < 1.29 is 18.3 Å². The Morgan fingerprint density at radius 2 is 1.50 bits per heavy atom. The summed E-state index contributed by atoms with van der Waals surface area (Å²) >= 11 is 1.74. The van der Waals surface area contributed by atoms with Crippen LogP contribution in [0.4, 0.5) is 8.78 Å². The zero-order valence-electron chi connectivity index (χ0n) is 18.2. The van der Waals surface area contributed by atoms with Crippen LogP contribution < -0.4 is 0 Å². The summed E-state index contributed by atoms with van der Waals surface area (Å²) in [6.07, 6.45) is 1.50. The second-order valence-electron chi connectivity index (χ2n) is 8.22. The van der Waals surface area contributed by atoms with Gasteiger partial charge in [0.1, 0.15) is 0 Å². The second kappa shape index (κ2) is 9.07. The summed E-state index contributed by atoms with van der Waals surface area (Å²) in [5.41, 5.74) is 3.77. The van der Waals surface area contributed by atoms with Crippen LogP contribution in [0.2, 0.25) is 0 Å². The maximum absolute atomic E-state index is 13.8. The molecule has 166 valence electrons. The van der Waals surface area contributed by atoms with Crippen molar-refractivity contribution in [2.75, 3.05) is 7.11 Å². The lowest BCUT2D eigenvalue weighted by atomic mass is 9.96. The Hall–Kier alpha value is -2.66. The fourth-order valence-corrected chi connectivity index (χ4v) is 4.73. The number of carbonyl (C=O) groups excluding carboxylic acids is 1. The van der Waals surface area contributed by atoms with Crippen LogP contribution in [0.1, 0.15) is 42.9 Å². The first kappa shape index (κ1) is 22.5. The van der Waals surface area contributed by atoms with Gasteiger partial charge in [0.25, 0.3) is 5.92 Å². The van der Waals surface area contributed by atoms with E-state index >= 15 is 0 Å². The Morgan fingerprint density at radius 1 is 0.938 bits per heavy atom. The summed E-state index contributed by atoms with van der Waals surface area (Å²) in [6, 6.07) is 22.9. The minimum absolute atomic E-state index is 0.0574. The molecule has 3 aromatic rings. The smallest absolute Gasteiger partial charge is 0.316 e. The lowest BCUT2D eigenvalue weighted by Crippen LogP contribution is -2.21. The van der Waals surface area contributed by atoms with Crippen LogP contribution in [0.5, 0.6) is 0 Å². The first-order valence-electron chi connectivity index (χ1n) is 10.8. The Labute approximate surface area is 192 Å². The Morgan fingerprint density at radius 3 is 2.00 bits per heavy atom. The topological polar surface area (TPSA) is 26.3 Å². The molecular weight excluding hydrogens is 426 g/mol.